The number of aryl methyl sites for hydroxylation is 2. The summed E-state index contributed by atoms with van der Waals surface area (Å²) in [5.41, 5.74) is 3.05. The van der Waals surface area contributed by atoms with Crippen LogP contribution in [-0.2, 0) is 24.0 Å². The fourth-order valence-electron chi connectivity index (χ4n) is 2.40. The number of carbonyl (C=O) groups is 1. The van der Waals surface area contributed by atoms with Crippen molar-refractivity contribution in [2.24, 2.45) is 7.05 Å². The van der Waals surface area contributed by atoms with Gasteiger partial charge in [-0.25, -0.2) is 9.97 Å². The highest BCUT2D eigenvalue weighted by molar-refractivity contribution is 7.98. The van der Waals surface area contributed by atoms with Crippen molar-refractivity contribution >= 4 is 39.8 Å². The summed E-state index contributed by atoms with van der Waals surface area (Å²) in [5.74, 6) is 0.684. The largest absolute Gasteiger partial charge is 0.329 e. The number of benzene rings is 1. The monoisotopic (exact) mass is 372 g/mol. The van der Waals surface area contributed by atoms with Gasteiger partial charge in [0.05, 0.1) is 11.4 Å². The number of hydrogen-bond acceptors (Lipinski definition) is 5. The zero-order valence-corrected chi connectivity index (χ0v) is 16.1. The van der Waals surface area contributed by atoms with Gasteiger partial charge < -0.3 is 4.57 Å². The van der Waals surface area contributed by atoms with Gasteiger partial charge in [-0.1, -0.05) is 30.8 Å². The molecule has 3 rings (SSSR count). The zero-order valence-electron chi connectivity index (χ0n) is 14.5. The van der Waals surface area contributed by atoms with Crippen LogP contribution in [-0.4, -0.2) is 20.4 Å². The Morgan fingerprint density at radius 1 is 1.32 bits per heavy atom. The molecule has 0 aliphatic rings. The van der Waals surface area contributed by atoms with Crippen LogP contribution in [0.1, 0.15) is 25.1 Å². The molecule has 3 aromatic rings. The molecule has 0 atom stereocenters. The predicted molar refractivity (Wildman–Crippen MR) is 104 cm³/mol. The van der Waals surface area contributed by atoms with E-state index in [1.54, 1.807) is 29.8 Å². The van der Waals surface area contributed by atoms with Crippen LogP contribution >= 0.6 is 23.1 Å². The average Bonchev–Trinajstić information content (AvgIpc) is 3.22. The van der Waals surface area contributed by atoms with Crippen molar-refractivity contribution in [2.45, 2.75) is 31.2 Å². The molecule has 0 bridgehead atoms. The average molecular weight is 373 g/mol. The quantitative estimate of drug-likeness (QED) is 0.601. The lowest BCUT2D eigenvalue weighted by molar-refractivity contribution is -0.115. The first kappa shape index (κ1) is 17.7. The van der Waals surface area contributed by atoms with Gasteiger partial charge in [0.25, 0.3) is 0 Å². The van der Waals surface area contributed by atoms with Crippen molar-refractivity contribution in [1.82, 2.24) is 14.5 Å². The summed E-state index contributed by atoms with van der Waals surface area (Å²) >= 11 is 3.12. The Bertz CT molecular complexity index is 854. The number of thiazole rings is 1. The van der Waals surface area contributed by atoms with E-state index in [9.17, 15) is 4.79 Å². The van der Waals surface area contributed by atoms with E-state index in [4.69, 9.17) is 0 Å². The van der Waals surface area contributed by atoms with Crippen LogP contribution in [0.25, 0.3) is 0 Å². The lowest BCUT2D eigenvalue weighted by atomic mass is 10.1. The Balaban J connectivity index is 1.77. The molecule has 1 aromatic carbocycles. The number of amides is 1. The molecule has 0 radical (unpaired) electrons. The van der Waals surface area contributed by atoms with Gasteiger partial charge in [0, 0.05) is 37.5 Å². The highest BCUT2D eigenvalue weighted by atomic mass is 32.2. The van der Waals surface area contributed by atoms with E-state index in [1.807, 2.05) is 35.3 Å². The van der Waals surface area contributed by atoms with E-state index in [1.165, 1.54) is 16.9 Å². The Kier molecular flexibility index (Phi) is 5.55. The minimum absolute atomic E-state index is 0.0399. The van der Waals surface area contributed by atoms with E-state index in [0.29, 0.717) is 5.13 Å². The fourth-order valence-corrected chi connectivity index (χ4v) is 4.22. The third-order valence-corrected chi connectivity index (χ3v) is 5.74. The topological polar surface area (TPSA) is 51.0 Å². The van der Waals surface area contributed by atoms with Gasteiger partial charge in [0.15, 0.2) is 10.3 Å². The third-order valence-electron chi connectivity index (χ3n) is 3.77. The second-order valence-electron chi connectivity index (χ2n) is 5.61. The van der Waals surface area contributed by atoms with Crippen LogP contribution < -0.4 is 4.90 Å². The summed E-state index contributed by atoms with van der Waals surface area (Å²) in [4.78, 5) is 22.8. The Morgan fingerprint density at radius 2 is 2.08 bits per heavy atom. The number of thioether (sulfide) groups is 1. The molecule has 0 fully saturated rings. The van der Waals surface area contributed by atoms with E-state index in [2.05, 4.69) is 29.0 Å². The molecule has 0 aliphatic heterocycles. The summed E-state index contributed by atoms with van der Waals surface area (Å²) in [6.07, 6.45) is 4.69. The standard InChI is InChI=1S/C18H20N4OS2/c1-4-14-5-7-16(8-6-14)22(13(2)23)18-20-15(12-25-18)11-24-17-19-9-10-21(17)3/h5-10,12H,4,11H2,1-3H3. The molecule has 2 heterocycles. The van der Waals surface area contributed by atoms with Gasteiger partial charge in [-0.15, -0.1) is 11.3 Å². The van der Waals surface area contributed by atoms with Crippen molar-refractivity contribution in [1.29, 1.82) is 0 Å². The number of anilines is 2. The predicted octanol–water partition coefficient (Wildman–Crippen LogP) is 4.42. The molecule has 0 unspecified atom stereocenters. The maximum Gasteiger partial charge on any atom is 0.230 e. The number of hydrogen-bond donors (Lipinski definition) is 0. The molecule has 0 saturated heterocycles. The van der Waals surface area contributed by atoms with Crippen molar-refractivity contribution in [3.05, 3.63) is 53.3 Å². The minimum Gasteiger partial charge on any atom is -0.329 e. The Morgan fingerprint density at radius 3 is 2.68 bits per heavy atom. The first-order chi connectivity index (χ1) is 12.1. The normalized spacial score (nSPS) is 10.8. The van der Waals surface area contributed by atoms with Crippen LogP contribution in [0.4, 0.5) is 10.8 Å². The molecule has 5 nitrogen and oxygen atoms in total. The van der Waals surface area contributed by atoms with Gasteiger partial charge in [-0.2, -0.15) is 0 Å². The number of imidazole rings is 1. The summed E-state index contributed by atoms with van der Waals surface area (Å²) in [7, 11) is 1.97. The van der Waals surface area contributed by atoms with E-state index < -0.39 is 0 Å². The zero-order chi connectivity index (χ0) is 17.8. The first-order valence-corrected chi connectivity index (χ1v) is 9.89. The van der Waals surface area contributed by atoms with Gasteiger partial charge in [-0.3, -0.25) is 9.69 Å². The van der Waals surface area contributed by atoms with Crippen molar-refractivity contribution < 1.29 is 4.79 Å². The van der Waals surface area contributed by atoms with Crippen molar-refractivity contribution in [3.8, 4) is 0 Å². The van der Waals surface area contributed by atoms with Crippen molar-refractivity contribution in [3.63, 3.8) is 0 Å². The molecule has 0 spiro atoms. The SMILES string of the molecule is CCc1ccc(N(C(C)=O)c2nc(CSc3nccn3C)cs2)cc1. The molecular formula is C18H20N4OS2. The molecule has 130 valence electrons. The highest BCUT2D eigenvalue weighted by Crippen LogP contribution is 2.31. The molecule has 0 aliphatic carbocycles. The smallest absolute Gasteiger partial charge is 0.230 e. The van der Waals surface area contributed by atoms with E-state index in [0.717, 1.165) is 28.7 Å². The van der Waals surface area contributed by atoms with Gasteiger partial charge in [-0.05, 0) is 24.1 Å². The second-order valence-corrected chi connectivity index (χ2v) is 7.38. The fraction of sp³-hybridized carbons (Fsp3) is 0.278. The lowest BCUT2D eigenvalue weighted by Gasteiger charge is -2.18. The number of carbonyl (C=O) groups excluding carboxylic acids is 1. The Hall–Kier alpha value is -2.12. The highest BCUT2D eigenvalue weighted by Gasteiger charge is 2.18. The van der Waals surface area contributed by atoms with Crippen LogP contribution in [0.5, 0.6) is 0 Å². The van der Waals surface area contributed by atoms with Crippen LogP contribution in [0.15, 0.2) is 47.2 Å². The lowest BCUT2D eigenvalue weighted by Crippen LogP contribution is -2.22. The van der Waals surface area contributed by atoms with Gasteiger partial charge in [0.2, 0.25) is 5.91 Å². The van der Waals surface area contributed by atoms with Crippen molar-refractivity contribution in [2.75, 3.05) is 4.90 Å². The molecule has 2 aromatic heterocycles. The molecular weight excluding hydrogens is 352 g/mol. The maximum atomic E-state index is 12.2. The van der Waals surface area contributed by atoms with Crippen LogP contribution in [0.3, 0.4) is 0 Å². The molecule has 0 saturated carbocycles. The van der Waals surface area contributed by atoms with E-state index >= 15 is 0 Å². The number of aromatic nitrogens is 3. The Labute approximate surface area is 155 Å². The molecule has 25 heavy (non-hydrogen) atoms. The summed E-state index contributed by atoms with van der Waals surface area (Å²) in [6, 6.07) is 8.06. The maximum absolute atomic E-state index is 12.2. The third kappa shape index (κ3) is 4.11. The number of rotatable bonds is 6. The molecule has 1 amide bonds. The second kappa shape index (κ2) is 7.84. The van der Waals surface area contributed by atoms with Gasteiger partial charge >= 0.3 is 0 Å². The van der Waals surface area contributed by atoms with Gasteiger partial charge in [0.1, 0.15) is 0 Å². The minimum atomic E-state index is -0.0399. The van der Waals surface area contributed by atoms with E-state index in [-0.39, 0.29) is 5.91 Å². The first-order valence-electron chi connectivity index (χ1n) is 8.02. The summed E-state index contributed by atoms with van der Waals surface area (Å²) in [5, 5.41) is 3.65. The molecule has 0 N–H and O–H groups in total. The molecule has 7 heteroatoms. The summed E-state index contributed by atoms with van der Waals surface area (Å²) < 4.78 is 1.98. The van der Waals surface area contributed by atoms with Crippen LogP contribution in [0, 0.1) is 0 Å². The number of nitrogens with zero attached hydrogens (tertiary/aromatic N) is 4. The summed E-state index contributed by atoms with van der Waals surface area (Å²) in [6.45, 7) is 3.68. The van der Waals surface area contributed by atoms with Crippen LogP contribution in [0.2, 0.25) is 0 Å².